The molecule has 0 aliphatic carbocycles. The highest BCUT2D eigenvalue weighted by Gasteiger charge is 2.19. The van der Waals surface area contributed by atoms with E-state index in [-0.39, 0.29) is 19.0 Å². The van der Waals surface area contributed by atoms with Gasteiger partial charge in [-0.3, -0.25) is 4.79 Å². The molecule has 0 saturated carbocycles. The third-order valence-corrected chi connectivity index (χ3v) is 3.72. The van der Waals surface area contributed by atoms with E-state index in [1.54, 1.807) is 32.7 Å². The van der Waals surface area contributed by atoms with Gasteiger partial charge in [0.15, 0.2) is 0 Å². The largest absolute Gasteiger partial charge is 0.444 e. The topological polar surface area (TPSA) is 76.5 Å². The van der Waals surface area contributed by atoms with Crippen LogP contribution >= 0.6 is 0 Å². The van der Waals surface area contributed by atoms with Gasteiger partial charge in [0.25, 0.3) is 0 Å². The number of para-hydroxylation sites is 2. The number of hydrogen-bond acceptors (Lipinski definition) is 4. The van der Waals surface area contributed by atoms with Crippen LogP contribution in [0.5, 0.6) is 0 Å². The molecule has 0 unspecified atom stereocenters. The number of ether oxygens (including phenoxy) is 1. The average molecular weight is 346 g/mol. The highest BCUT2D eigenvalue weighted by atomic mass is 16.6. The van der Waals surface area contributed by atoms with Gasteiger partial charge in [-0.25, -0.2) is 9.78 Å². The van der Waals surface area contributed by atoms with Gasteiger partial charge in [-0.05, 0) is 39.8 Å². The zero-order valence-electron chi connectivity index (χ0n) is 15.5. The Morgan fingerprint density at radius 1 is 1.28 bits per heavy atom. The molecule has 25 heavy (non-hydrogen) atoms. The molecule has 7 nitrogen and oxygen atoms in total. The number of imidazole rings is 1. The molecule has 0 aliphatic rings. The number of nitrogens with one attached hydrogen (secondary N) is 1. The van der Waals surface area contributed by atoms with Gasteiger partial charge >= 0.3 is 6.09 Å². The van der Waals surface area contributed by atoms with E-state index in [4.69, 9.17) is 4.74 Å². The average Bonchev–Trinajstić information content (AvgIpc) is 2.88. The van der Waals surface area contributed by atoms with Crippen molar-refractivity contribution in [3.8, 4) is 0 Å². The molecule has 1 aromatic heterocycles. The third-order valence-electron chi connectivity index (χ3n) is 3.72. The van der Waals surface area contributed by atoms with Crippen molar-refractivity contribution in [3.05, 3.63) is 30.1 Å². The molecule has 136 valence electrons. The maximum absolute atomic E-state index is 12.3. The fourth-order valence-electron chi connectivity index (χ4n) is 2.33. The zero-order chi connectivity index (χ0) is 18.6. The Bertz CT molecular complexity index is 761. The summed E-state index contributed by atoms with van der Waals surface area (Å²) in [6.45, 7) is 8.35. The molecule has 1 heterocycles. The van der Waals surface area contributed by atoms with Crippen LogP contribution in [-0.4, -0.2) is 45.6 Å². The minimum Gasteiger partial charge on any atom is -0.444 e. The minimum absolute atomic E-state index is 0.0100. The molecule has 0 saturated heterocycles. The van der Waals surface area contributed by atoms with Crippen LogP contribution in [0.1, 0.15) is 33.5 Å². The molecule has 0 spiro atoms. The summed E-state index contributed by atoms with van der Waals surface area (Å²) in [5, 5.41) is 2.70. The van der Waals surface area contributed by atoms with Crippen LogP contribution in [0.2, 0.25) is 0 Å². The van der Waals surface area contributed by atoms with Gasteiger partial charge in [-0.2, -0.15) is 0 Å². The zero-order valence-corrected chi connectivity index (χ0v) is 15.5. The predicted octanol–water partition coefficient (Wildman–Crippen LogP) is 2.54. The Morgan fingerprint density at radius 3 is 2.60 bits per heavy atom. The molecule has 0 fully saturated rings. The first-order valence-corrected chi connectivity index (χ1v) is 8.36. The van der Waals surface area contributed by atoms with Crippen LogP contribution in [-0.2, 0) is 22.6 Å². The molecule has 1 N–H and O–H groups in total. The summed E-state index contributed by atoms with van der Waals surface area (Å²) in [5.74, 6) is 0.606. The number of fused-ring (bicyclic) bond motifs is 1. The van der Waals surface area contributed by atoms with Crippen LogP contribution in [0.25, 0.3) is 11.0 Å². The van der Waals surface area contributed by atoms with E-state index in [1.165, 1.54) is 0 Å². The second-order valence-corrected chi connectivity index (χ2v) is 6.87. The first-order valence-electron chi connectivity index (χ1n) is 8.36. The molecule has 2 rings (SSSR count). The van der Waals surface area contributed by atoms with E-state index >= 15 is 0 Å². The summed E-state index contributed by atoms with van der Waals surface area (Å²) in [6.07, 6.45) is -0.511. The predicted molar refractivity (Wildman–Crippen MR) is 96.1 cm³/mol. The number of benzene rings is 1. The quantitative estimate of drug-likeness (QED) is 0.903. The molecule has 2 amide bonds. The van der Waals surface area contributed by atoms with Crippen molar-refractivity contribution in [2.45, 2.75) is 46.4 Å². The van der Waals surface area contributed by atoms with E-state index in [9.17, 15) is 9.59 Å². The summed E-state index contributed by atoms with van der Waals surface area (Å²) < 4.78 is 7.08. The first kappa shape index (κ1) is 18.8. The Hall–Kier alpha value is -2.57. The number of alkyl carbamates (subject to hydrolysis) is 1. The van der Waals surface area contributed by atoms with Gasteiger partial charge in [0, 0.05) is 13.6 Å². The van der Waals surface area contributed by atoms with Crippen molar-refractivity contribution in [1.82, 2.24) is 19.8 Å². The Kier molecular flexibility index (Phi) is 5.66. The van der Waals surface area contributed by atoms with Crippen molar-refractivity contribution in [2.75, 3.05) is 13.6 Å². The molecule has 7 heteroatoms. The van der Waals surface area contributed by atoms with E-state index in [1.807, 2.05) is 35.8 Å². The van der Waals surface area contributed by atoms with Gasteiger partial charge in [0.2, 0.25) is 5.91 Å². The van der Waals surface area contributed by atoms with E-state index in [2.05, 4.69) is 10.3 Å². The molecular formula is C18H26N4O3. The molecule has 0 bridgehead atoms. The van der Waals surface area contributed by atoms with E-state index in [0.717, 1.165) is 11.0 Å². The fraction of sp³-hybridized carbons (Fsp3) is 0.500. The number of nitrogens with zero attached hydrogens (tertiary/aromatic N) is 3. The van der Waals surface area contributed by atoms with Crippen LogP contribution in [0.4, 0.5) is 4.79 Å². The standard InChI is InChI=1S/C18H26N4O3/c1-6-21(5)16(23)12-22-14-10-8-7-9-13(14)20-15(22)11-19-17(24)25-18(2,3)4/h7-10H,6,11-12H2,1-5H3,(H,19,24). The lowest BCUT2D eigenvalue weighted by atomic mass is 10.2. The van der Waals surface area contributed by atoms with Gasteiger partial charge in [0.05, 0.1) is 17.6 Å². The molecule has 0 radical (unpaired) electrons. The highest BCUT2D eigenvalue weighted by molar-refractivity contribution is 5.81. The number of hydrogen-bond donors (Lipinski definition) is 1. The van der Waals surface area contributed by atoms with Crippen molar-refractivity contribution in [1.29, 1.82) is 0 Å². The maximum atomic E-state index is 12.3. The number of carbonyl (C=O) groups is 2. The van der Waals surface area contributed by atoms with E-state index in [0.29, 0.717) is 12.4 Å². The number of likely N-dealkylation sites (N-methyl/N-ethyl adjacent to an activating group) is 1. The van der Waals surface area contributed by atoms with E-state index < -0.39 is 11.7 Å². The lowest BCUT2D eigenvalue weighted by molar-refractivity contribution is -0.130. The maximum Gasteiger partial charge on any atom is 0.408 e. The fourth-order valence-corrected chi connectivity index (χ4v) is 2.33. The number of rotatable bonds is 5. The number of carbonyl (C=O) groups excluding carboxylic acids is 2. The van der Waals surface area contributed by atoms with Crippen molar-refractivity contribution in [2.24, 2.45) is 0 Å². The molecular weight excluding hydrogens is 320 g/mol. The second-order valence-electron chi connectivity index (χ2n) is 6.87. The Labute approximate surface area is 148 Å². The summed E-state index contributed by atoms with van der Waals surface area (Å²) in [6, 6.07) is 7.60. The lowest BCUT2D eigenvalue weighted by Gasteiger charge is -2.20. The summed E-state index contributed by atoms with van der Waals surface area (Å²) in [5.41, 5.74) is 1.08. The van der Waals surface area contributed by atoms with Crippen molar-refractivity contribution < 1.29 is 14.3 Å². The highest BCUT2D eigenvalue weighted by Crippen LogP contribution is 2.16. The van der Waals surface area contributed by atoms with Crippen LogP contribution in [0, 0.1) is 0 Å². The van der Waals surface area contributed by atoms with Crippen molar-refractivity contribution in [3.63, 3.8) is 0 Å². The summed E-state index contributed by atoms with van der Waals surface area (Å²) in [4.78, 5) is 30.4. The first-order chi connectivity index (χ1) is 11.7. The van der Waals surface area contributed by atoms with Gasteiger partial charge in [-0.15, -0.1) is 0 Å². The van der Waals surface area contributed by atoms with Gasteiger partial charge < -0.3 is 19.5 Å². The molecule has 0 aliphatic heterocycles. The monoisotopic (exact) mass is 346 g/mol. The lowest BCUT2D eigenvalue weighted by Crippen LogP contribution is -2.34. The molecule has 0 atom stereocenters. The normalized spacial score (nSPS) is 11.4. The third kappa shape index (κ3) is 4.95. The van der Waals surface area contributed by atoms with Crippen LogP contribution < -0.4 is 5.32 Å². The van der Waals surface area contributed by atoms with Gasteiger partial charge in [-0.1, -0.05) is 12.1 Å². The summed E-state index contributed by atoms with van der Waals surface area (Å²) in [7, 11) is 1.76. The van der Waals surface area contributed by atoms with Crippen LogP contribution in [0.3, 0.4) is 0 Å². The van der Waals surface area contributed by atoms with Crippen LogP contribution in [0.15, 0.2) is 24.3 Å². The summed E-state index contributed by atoms with van der Waals surface area (Å²) >= 11 is 0. The molecule has 1 aromatic carbocycles. The van der Waals surface area contributed by atoms with Gasteiger partial charge in [0.1, 0.15) is 18.0 Å². The van der Waals surface area contributed by atoms with Crippen molar-refractivity contribution >= 4 is 23.0 Å². The number of amides is 2. The number of aromatic nitrogens is 2. The second kappa shape index (κ2) is 7.55. The Balaban J connectivity index is 2.22. The smallest absolute Gasteiger partial charge is 0.408 e. The molecule has 2 aromatic rings. The SMILES string of the molecule is CCN(C)C(=O)Cn1c(CNC(=O)OC(C)(C)C)nc2ccccc21. The Morgan fingerprint density at radius 2 is 1.96 bits per heavy atom. The minimum atomic E-state index is -0.565.